The van der Waals surface area contributed by atoms with Gasteiger partial charge in [-0.05, 0) is 45.7 Å². The molecule has 1 heterocycles. The standard InChI is InChI=1S/C22H30N6O3/c1-22(2,3)31-21(30)26-16-12-8-7-11-15(16)25-18-13-17(19(20(23)29)28-27-18)24-14-9-5-4-6-10-14/h4-6,9-10,13,15-16H,7-8,11-12H2,1-3H3,(H2,23,29)(H,26,30)(H2,24,25,27)/t15?,16-/m0/s1. The predicted octanol–water partition coefficient (Wildman–Crippen LogP) is 3.57. The van der Waals surface area contributed by atoms with Crippen molar-refractivity contribution in [2.24, 2.45) is 5.73 Å². The highest BCUT2D eigenvalue weighted by Gasteiger charge is 2.29. The van der Waals surface area contributed by atoms with E-state index in [4.69, 9.17) is 10.5 Å². The van der Waals surface area contributed by atoms with Crippen molar-refractivity contribution in [3.05, 3.63) is 42.1 Å². The Hall–Kier alpha value is -3.36. The van der Waals surface area contributed by atoms with Crippen molar-refractivity contribution in [1.29, 1.82) is 0 Å². The number of rotatable bonds is 6. The number of para-hydroxylation sites is 1. The molecule has 9 heteroatoms. The van der Waals surface area contributed by atoms with Crippen LogP contribution in [-0.4, -0.2) is 39.9 Å². The number of carbonyl (C=O) groups is 2. The fourth-order valence-corrected chi connectivity index (χ4v) is 3.54. The molecule has 166 valence electrons. The van der Waals surface area contributed by atoms with E-state index in [-0.39, 0.29) is 17.8 Å². The maximum atomic E-state index is 12.3. The van der Waals surface area contributed by atoms with Crippen LogP contribution in [0, 0.1) is 0 Å². The maximum absolute atomic E-state index is 12.3. The number of ether oxygens (including phenoxy) is 1. The van der Waals surface area contributed by atoms with E-state index in [1.165, 1.54) is 0 Å². The molecule has 0 radical (unpaired) electrons. The number of nitrogens with two attached hydrogens (primary N) is 1. The molecule has 31 heavy (non-hydrogen) atoms. The van der Waals surface area contributed by atoms with Gasteiger partial charge in [-0.2, -0.15) is 0 Å². The van der Waals surface area contributed by atoms with Crippen molar-refractivity contribution in [3.8, 4) is 0 Å². The minimum absolute atomic E-state index is 0.0421. The summed E-state index contributed by atoms with van der Waals surface area (Å²) in [5.41, 5.74) is 6.22. The number of aromatic nitrogens is 2. The molecule has 1 aliphatic carbocycles. The molecule has 1 fully saturated rings. The number of nitrogens with zero attached hydrogens (tertiary/aromatic N) is 2. The Labute approximate surface area is 182 Å². The lowest BCUT2D eigenvalue weighted by molar-refractivity contribution is 0.0488. The first-order valence-electron chi connectivity index (χ1n) is 10.5. The van der Waals surface area contributed by atoms with Gasteiger partial charge in [0.2, 0.25) is 0 Å². The Balaban J connectivity index is 1.75. The molecule has 0 bridgehead atoms. The molecular weight excluding hydrogens is 396 g/mol. The molecule has 1 unspecified atom stereocenters. The number of hydrogen-bond acceptors (Lipinski definition) is 7. The summed E-state index contributed by atoms with van der Waals surface area (Å²) in [6, 6.07) is 11.0. The van der Waals surface area contributed by atoms with Crippen LogP contribution in [0.3, 0.4) is 0 Å². The normalized spacial score (nSPS) is 18.7. The zero-order chi connectivity index (χ0) is 22.4. The Morgan fingerprint density at radius 3 is 2.39 bits per heavy atom. The zero-order valence-corrected chi connectivity index (χ0v) is 18.1. The van der Waals surface area contributed by atoms with Crippen LogP contribution >= 0.6 is 0 Å². The van der Waals surface area contributed by atoms with E-state index in [2.05, 4.69) is 26.1 Å². The molecule has 1 saturated carbocycles. The fraction of sp³-hybridized carbons (Fsp3) is 0.455. The van der Waals surface area contributed by atoms with Crippen molar-refractivity contribution in [2.75, 3.05) is 10.6 Å². The Morgan fingerprint density at radius 1 is 1.06 bits per heavy atom. The van der Waals surface area contributed by atoms with Crippen LogP contribution in [-0.2, 0) is 4.74 Å². The van der Waals surface area contributed by atoms with Gasteiger partial charge in [-0.15, -0.1) is 10.2 Å². The van der Waals surface area contributed by atoms with Gasteiger partial charge in [0, 0.05) is 17.8 Å². The topological polar surface area (TPSA) is 131 Å². The average molecular weight is 427 g/mol. The Morgan fingerprint density at radius 2 is 1.74 bits per heavy atom. The molecule has 2 atom stereocenters. The third-order valence-corrected chi connectivity index (χ3v) is 4.88. The van der Waals surface area contributed by atoms with Crippen LogP contribution in [0.25, 0.3) is 0 Å². The molecule has 5 N–H and O–H groups in total. The van der Waals surface area contributed by atoms with E-state index in [0.29, 0.717) is 11.5 Å². The van der Waals surface area contributed by atoms with Crippen molar-refractivity contribution >= 4 is 29.2 Å². The summed E-state index contributed by atoms with van der Waals surface area (Å²) in [5.74, 6) is -0.175. The van der Waals surface area contributed by atoms with Gasteiger partial charge in [0.05, 0.1) is 11.7 Å². The monoisotopic (exact) mass is 426 g/mol. The average Bonchev–Trinajstić information content (AvgIpc) is 2.69. The number of benzene rings is 1. The summed E-state index contributed by atoms with van der Waals surface area (Å²) in [4.78, 5) is 24.0. The first-order valence-corrected chi connectivity index (χ1v) is 10.5. The van der Waals surface area contributed by atoms with E-state index in [0.717, 1.165) is 31.4 Å². The second kappa shape index (κ2) is 9.63. The largest absolute Gasteiger partial charge is 0.444 e. The highest BCUT2D eigenvalue weighted by Crippen LogP contribution is 2.25. The highest BCUT2D eigenvalue weighted by atomic mass is 16.6. The van der Waals surface area contributed by atoms with E-state index < -0.39 is 17.6 Å². The van der Waals surface area contributed by atoms with Crippen LogP contribution in [0.5, 0.6) is 0 Å². The second-order valence-corrected chi connectivity index (χ2v) is 8.64. The summed E-state index contributed by atoms with van der Waals surface area (Å²) in [6.07, 6.45) is 3.31. The Kier molecular flexibility index (Phi) is 6.94. The third kappa shape index (κ3) is 6.56. The van der Waals surface area contributed by atoms with Gasteiger partial charge in [-0.1, -0.05) is 31.0 Å². The van der Waals surface area contributed by atoms with Gasteiger partial charge in [-0.25, -0.2) is 4.79 Å². The van der Waals surface area contributed by atoms with Crippen LogP contribution in [0.1, 0.15) is 56.9 Å². The SMILES string of the molecule is CC(C)(C)OC(=O)N[C@H]1CCCCC1Nc1cc(Nc2ccccc2)c(C(N)=O)nn1. The minimum atomic E-state index is -0.667. The summed E-state index contributed by atoms with van der Waals surface area (Å²) in [5, 5.41) is 17.6. The molecule has 1 aromatic heterocycles. The molecule has 9 nitrogen and oxygen atoms in total. The van der Waals surface area contributed by atoms with E-state index in [9.17, 15) is 9.59 Å². The van der Waals surface area contributed by atoms with Crippen LogP contribution in [0.15, 0.2) is 36.4 Å². The molecule has 1 aromatic carbocycles. The maximum Gasteiger partial charge on any atom is 0.407 e. The van der Waals surface area contributed by atoms with Crippen LogP contribution in [0.2, 0.25) is 0 Å². The van der Waals surface area contributed by atoms with Crippen molar-refractivity contribution in [3.63, 3.8) is 0 Å². The van der Waals surface area contributed by atoms with Gasteiger partial charge in [0.15, 0.2) is 11.5 Å². The van der Waals surface area contributed by atoms with Gasteiger partial charge in [0.25, 0.3) is 5.91 Å². The fourth-order valence-electron chi connectivity index (χ4n) is 3.54. The summed E-state index contributed by atoms with van der Waals surface area (Å²) >= 11 is 0. The van der Waals surface area contributed by atoms with Gasteiger partial charge in [0.1, 0.15) is 5.60 Å². The molecule has 0 aliphatic heterocycles. The van der Waals surface area contributed by atoms with E-state index in [1.54, 1.807) is 6.07 Å². The first kappa shape index (κ1) is 22.3. The number of hydrogen-bond donors (Lipinski definition) is 4. The van der Waals surface area contributed by atoms with Crippen LogP contribution < -0.4 is 21.7 Å². The first-order chi connectivity index (χ1) is 14.7. The molecule has 2 amide bonds. The number of anilines is 3. The zero-order valence-electron chi connectivity index (χ0n) is 18.1. The quantitative estimate of drug-likeness (QED) is 0.555. The van der Waals surface area contributed by atoms with Gasteiger partial charge < -0.3 is 26.4 Å². The summed E-state index contributed by atoms with van der Waals surface area (Å²) in [7, 11) is 0. The Bertz CT molecular complexity index is 913. The smallest absolute Gasteiger partial charge is 0.407 e. The van der Waals surface area contributed by atoms with Gasteiger partial charge in [-0.3, -0.25) is 4.79 Å². The lowest BCUT2D eigenvalue weighted by atomic mass is 9.90. The van der Waals surface area contributed by atoms with Gasteiger partial charge >= 0.3 is 6.09 Å². The van der Waals surface area contributed by atoms with Crippen molar-refractivity contribution < 1.29 is 14.3 Å². The molecule has 0 saturated heterocycles. The van der Waals surface area contributed by atoms with Crippen molar-refractivity contribution in [1.82, 2.24) is 15.5 Å². The number of primary amides is 1. The lowest BCUT2D eigenvalue weighted by Gasteiger charge is -2.33. The minimum Gasteiger partial charge on any atom is -0.444 e. The summed E-state index contributed by atoms with van der Waals surface area (Å²) in [6.45, 7) is 5.50. The van der Waals surface area contributed by atoms with E-state index >= 15 is 0 Å². The molecular formula is C22H30N6O3. The van der Waals surface area contributed by atoms with E-state index in [1.807, 2.05) is 51.1 Å². The second-order valence-electron chi connectivity index (χ2n) is 8.64. The highest BCUT2D eigenvalue weighted by molar-refractivity contribution is 5.97. The lowest BCUT2D eigenvalue weighted by Crippen LogP contribution is -2.49. The molecule has 2 aromatic rings. The molecule has 1 aliphatic rings. The number of carbonyl (C=O) groups excluding carboxylic acids is 2. The molecule has 3 rings (SSSR count). The number of amides is 2. The van der Waals surface area contributed by atoms with Crippen molar-refractivity contribution in [2.45, 2.75) is 64.1 Å². The summed E-state index contributed by atoms with van der Waals surface area (Å²) < 4.78 is 5.40. The third-order valence-electron chi connectivity index (χ3n) is 4.88. The number of alkyl carbamates (subject to hydrolysis) is 1. The number of nitrogens with one attached hydrogen (secondary N) is 3. The van der Waals surface area contributed by atoms with Crippen LogP contribution in [0.4, 0.5) is 22.0 Å². The predicted molar refractivity (Wildman–Crippen MR) is 119 cm³/mol. The molecule has 0 spiro atoms.